The Kier molecular flexibility index (Phi) is 3.84. The number of rotatable bonds is 5. The molecule has 4 N–H and O–H groups in total. The quantitative estimate of drug-likeness (QED) is 0.303. The molecule has 0 aromatic carbocycles. The summed E-state index contributed by atoms with van der Waals surface area (Å²) in [5.41, 5.74) is 5.22. The number of aromatic nitrogens is 1. The number of nitrogens with zero attached hydrogens (tertiary/aromatic N) is 2. The number of oxime groups is 1. The summed E-state index contributed by atoms with van der Waals surface area (Å²) in [6.45, 7) is 0.341. The van der Waals surface area contributed by atoms with Crippen molar-refractivity contribution in [1.82, 2.24) is 9.88 Å². The van der Waals surface area contributed by atoms with Crippen LogP contribution in [0.5, 0.6) is 0 Å². The molecular weight excluding hydrogens is 248 g/mol. The van der Waals surface area contributed by atoms with Gasteiger partial charge in [0.25, 0.3) is 5.91 Å². The lowest BCUT2D eigenvalue weighted by molar-refractivity contribution is 0.0745. The Morgan fingerprint density at radius 3 is 2.89 bits per heavy atom. The number of H-pyrrole nitrogens is 1. The van der Waals surface area contributed by atoms with Crippen molar-refractivity contribution in [2.45, 2.75) is 25.3 Å². The van der Waals surface area contributed by atoms with Gasteiger partial charge in [-0.3, -0.25) is 9.59 Å². The van der Waals surface area contributed by atoms with Gasteiger partial charge in [0.15, 0.2) is 5.43 Å². The van der Waals surface area contributed by atoms with E-state index in [1.54, 1.807) is 4.90 Å². The topological polar surface area (TPSA) is 112 Å². The number of hydrogen-bond acceptors (Lipinski definition) is 4. The van der Waals surface area contributed by atoms with E-state index in [-0.39, 0.29) is 35.2 Å². The maximum Gasteiger partial charge on any atom is 0.259 e. The van der Waals surface area contributed by atoms with Gasteiger partial charge in [-0.2, -0.15) is 0 Å². The van der Waals surface area contributed by atoms with E-state index in [1.165, 1.54) is 18.5 Å². The number of nitrogens with one attached hydrogen (secondary N) is 1. The van der Waals surface area contributed by atoms with Crippen molar-refractivity contribution in [3.63, 3.8) is 0 Å². The molecule has 7 heteroatoms. The summed E-state index contributed by atoms with van der Waals surface area (Å²) in [5.74, 6) is -0.240. The SMILES string of the molecule is N/C(CCN(C(=O)c1c[nH]ccc1=O)C1CC1)=N/O. The van der Waals surface area contributed by atoms with Crippen molar-refractivity contribution in [3.05, 3.63) is 34.2 Å². The molecule has 1 fully saturated rings. The van der Waals surface area contributed by atoms with Gasteiger partial charge in [0, 0.05) is 37.5 Å². The van der Waals surface area contributed by atoms with E-state index in [4.69, 9.17) is 10.9 Å². The average molecular weight is 264 g/mol. The molecule has 1 aromatic heterocycles. The molecule has 102 valence electrons. The van der Waals surface area contributed by atoms with Crippen LogP contribution in [0.3, 0.4) is 0 Å². The Balaban J connectivity index is 2.13. The first kappa shape index (κ1) is 13.1. The standard InChI is InChI=1S/C12H16N4O3/c13-11(15-19)4-6-16(8-1-2-8)12(18)9-7-14-5-3-10(9)17/h3,5,7-8,19H,1-2,4,6H2,(H2,13,15)(H,14,17). The molecule has 7 nitrogen and oxygen atoms in total. The summed E-state index contributed by atoms with van der Waals surface area (Å²) < 4.78 is 0. The lowest BCUT2D eigenvalue weighted by Crippen LogP contribution is -2.38. The summed E-state index contributed by atoms with van der Waals surface area (Å²) in [6.07, 6.45) is 5.02. The van der Waals surface area contributed by atoms with Gasteiger partial charge in [-0.1, -0.05) is 5.16 Å². The highest BCUT2D eigenvalue weighted by Crippen LogP contribution is 2.27. The molecule has 1 aliphatic rings. The van der Waals surface area contributed by atoms with Gasteiger partial charge in [0.05, 0.1) is 0 Å². The maximum atomic E-state index is 12.3. The van der Waals surface area contributed by atoms with E-state index in [1.807, 2.05) is 0 Å². The molecular formula is C12H16N4O3. The summed E-state index contributed by atoms with van der Waals surface area (Å²) in [7, 11) is 0. The molecule has 0 unspecified atom stereocenters. The molecule has 2 rings (SSSR count). The molecule has 0 spiro atoms. The van der Waals surface area contributed by atoms with Gasteiger partial charge < -0.3 is 20.8 Å². The molecule has 0 aliphatic heterocycles. The van der Waals surface area contributed by atoms with Crippen LogP contribution in [0, 0.1) is 0 Å². The van der Waals surface area contributed by atoms with E-state index in [2.05, 4.69) is 10.1 Å². The highest BCUT2D eigenvalue weighted by Gasteiger charge is 2.33. The first-order valence-corrected chi connectivity index (χ1v) is 6.08. The molecule has 0 atom stereocenters. The number of hydrogen-bond donors (Lipinski definition) is 3. The van der Waals surface area contributed by atoms with Gasteiger partial charge in [0.1, 0.15) is 11.4 Å². The summed E-state index contributed by atoms with van der Waals surface area (Å²) in [4.78, 5) is 28.3. The van der Waals surface area contributed by atoms with Crippen LogP contribution in [0.15, 0.2) is 28.4 Å². The van der Waals surface area contributed by atoms with Gasteiger partial charge in [-0.15, -0.1) is 0 Å². The summed E-state index contributed by atoms with van der Waals surface area (Å²) in [6, 6.07) is 1.47. The van der Waals surface area contributed by atoms with Crippen molar-refractivity contribution in [2.75, 3.05) is 6.54 Å². The van der Waals surface area contributed by atoms with Crippen molar-refractivity contribution in [1.29, 1.82) is 0 Å². The second kappa shape index (κ2) is 5.55. The number of aromatic amines is 1. The fraction of sp³-hybridized carbons (Fsp3) is 0.417. The minimum atomic E-state index is -0.310. The Labute approximate surface area is 109 Å². The molecule has 1 heterocycles. The third-order valence-electron chi connectivity index (χ3n) is 3.04. The highest BCUT2D eigenvalue weighted by atomic mass is 16.4. The van der Waals surface area contributed by atoms with Crippen LogP contribution in [-0.4, -0.2) is 39.4 Å². The Morgan fingerprint density at radius 1 is 1.58 bits per heavy atom. The van der Waals surface area contributed by atoms with Crippen LogP contribution in [-0.2, 0) is 0 Å². The molecule has 1 aliphatic carbocycles. The lowest BCUT2D eigenvalue weighted by Gasteiger charge is -2.21. The van der Waals surface area contributed by atoms with Crippen LogP contribution >= 0.6 is 0 Å². The minimum absolute atomic E-state index is 0.0698. The van der Waals surface area contributed by atoms with Crippen molar-refractivity contribution in [3.8, 4) is 0 Å². The zero-order valence-electron chi connectivity index (χ0n) is 10.4. The monoisotopic (exact) mass is 264 g/mol. The number of carbonyl (C=O) groups is 1. The van der Waals surface area contributed by atoms with Gasteiger partial charge in [-0.05, 0) is 12.8 Å². The highest BCUT2D eigenvalue weighted by molar-refractivity contribution is 5.94. The van der Waals surface area contributed by atoms with E-state index >= 15 is 0 Å². The van der Waals surface area contributed by atoms with Crippen LogP contribution in [0.2, 0.25) is 0 Å². The van der Waals surface area contributed by atoms with Gasteiger partial charge in [-0.25, -0.2) is 0 Å². The minimum Gasteiger partial charge on any atom is -0.409 e. The average Bonchev–Trinajstić information content (AvgIpc) is 3.23. The van der Waals surface area contributed by atoms with Gasteiger partial charge >= 0.3 is 0 Å². The molecule has 19 heavy (non-hydrogen) atoms. The second-order valence-corrected chi connectivity index (χ2v) is 4.49. The Morgan fingerprint density at radius 2 is 2.32 bits per heavy atom. The van der Waals surface area contributed by atoms with Crippen LogP contribution in [0.4, 0.5) is 0 Å². The number of nitrogens with two attached hydrogens (primary N) is 1. The molecule has 1 saturated carbocycles. The third kappa shape index (κ3) is 3.12. The normalized spacial score (nSPS) is 15.3. The molecule has 0 bridgehead atoms. The smallest absolute Gasteiger partial charge is 0.259 e. The second-order valence-electron chi connectivity index (χ2n) is 4.49. The first-order chi connectivity index (χ1) is 9.13. The molecule has 1 aromatic rings. The molecule has 0 saturated heterocycles. The fourth-order valence-corrected chi connectivity index (χ4v) is 1.86. The van der Waals surface area contributed by atoms with Crippen LogP contribution < -0.4 is 11.2 Å². The van der Waals surface area contributed by atoms with E-state index < -0.39 is 0 Å². The fourth-order valence-electron chi connectivity index (χ4n) is 1.86. The zero-order chi connectivity index (χ0) is 13.8. The van der Waals surface area contributed by atoms with Crippen molar-refractivity contribution >= 4 is 11.7 Å². The van der Waals surface area contributed by atoms with Crippen LogP contribution in [0.1, 0.15) is 29.6 Å². The summed E-state index contributed by atoms with van der Waals surface area (Å²) >= 11 is 0. The Hall–Kier alpha value is -2.31. The predicted octanol–water partition coefficient (Wildman–Crippen LogP) is 0.116. The number of amides is 1. The van der Waals surface area contributed by atoms with E-state index in [0.717, 1.165) is 12.8 Å². The van der Waals surface area contributed by atoms with Crippen LogP contribution in [0.25, 0.3) is 0 Å². The predicted molar refractivity (Wildman–Crippen MR) is 69.1 cm³/mol. The summed E-state index contributed by atoms with van der Waals surface area (Å²) in [5, 5.41) is 11.4. The van der Waals surface area contributed by atoms with E-state index in [9.17, 15) is 9.59 Å². The maximum absolute atomic E-state index is 12.3. The van der Waals surface area contributed by atoms with E-state index in [0.29, 0.717) is 6.54 Å². The van der Waals surface area contributed by atoms with Crippen molar-refractivity contribution in [2.24, 2.45) is 10.9 Å². The Bertz CT molecular complexity index is 548. The van der Waals surface area contributed by atoms with Gasteiger partial charge in [0.2, 0.25) is 0 Å². The number of pyridine rings is 1. The molecule has 1 amide bonds. The zero-order valence-corrected chi connectivity index (χ0v) is 10.4. The van der Waals surface area contributed by atoms with Crippen molar-refractivity contribution < 1.29 is 10.0 Å². The lowest BCUT2D eigenvalue weighted by atomic mass is 10.2. The molecule has 0 radical (unpaired) electrons. The number of amidine groups is 1. The number of carbonyl (C=O) groups excluding carboxylic acids is 1. The third-order valence-corrected chi connectivity index (χ3v) is 3.04. The first-order valence-electron chi connectivity index (χ1n) is 6.08. The largest absolute Gasteiger partial charge is 0.409 e.